The summed E-state index contributed by atoms with van der Waals surface area (Å²) in [7, 11) is -2.22. The fraction of sp³-hybridized carbons (Fsp3) is 0.167. The van der Waals surface area contributed by atoms with E-state index < -0.39 is 22.5 Å². The highest BCUT2D eigenvalue weighted by Crippen LogP contribution is 2.37. The fourth-order valence-corrected chi connectivity index (χ4v) is 5.50. The smallest absolute Gasteiger partial charge is 0.260 e. The number of nitrogens with zero attached hydrogens (tertiary/aromatic N) is 2. The normalized spacial score (nSPS) is 11.4. The van der Waals surface area contributed by atoms with Gasteiger partial charge in [-0.2, -0.15) is 5.10 Å². The van der Waals surface area contributed by atoms with Gasteiger partial charge in [-0.15, -0.1) is 0 Å². The minimum Gasteiger partial charge on any atom is -0.493 e. The van der Waals surface area contributed by atoms with Crippen molar-refractivity contribution in [2.75, 3.05) is 24.2 Å². The van der Waals surface area contributed by atoms with Gasteiger partial charge in [0.2, 0.25) is 10.0 Å². The number of carbonyl (C=O) groups is 1. The van der Waals surface area contributed by atoms with Gasteiger partial charge in [0.15, 0.2) is 11.5 Å². The molecule has 37 heavy (non-hydrogen) atoms. The molecule has 3 aromatic rings. The van der Waals surface area contributed by atoms with Crippen molar-refractivity contribution >= 4 is 82.9 Å². The molecule has 0 fully saturated rings. The number of hydrogen-bond acceptors (Lipinski definition) is 6. The number of benzene rings is 3. The average Bonchev–Trinajstić information content (AvgIpc) is 2.83. The predicted octanol–water partition coefficient (Wildman–Crippen LogP) is 6.02. The van der Waals surface area contributed by atoms with E-state index in [2.05, 4.69) is 42.4 Å². The summed E-state index contributed by atoms with van der Waals surface area (Å²) < 4.78 is 38.0. The number of halogens is 4. The van der Waals surface area contributed by atoms with Gasteiger partial charge in [0.1, 0.15) is 13.2 Å². The Morgan fingerprint density at radius 1 is 1.08 bits per heavy atom. The van der Waals surface area contributed by atoms with Crippen molar-refractivity contribution in [1.29, 1.82) is 0 Å². The van der Waals surface area contributed by atoms with E-state index in [1.807, 2.05) is 0 Å². The molecule has 0 heterocycles. The Bertz CT molecular complexity index is 1440. The minimum atomic E-state index is -3.72. The molecule has 0 saturated heterocycles. The van der Waals surface area contributed by atoms with Crippen molar-refractivity contribution in [1.82, 2.24) is 5.43 Å². The Labute approximate surface area is 241 Å². The van der Waals surface area contributed by atoms with Crippen LogP contribution in [-0.2, 0) is 21.4 Å². The molecule has 0 aliphatic carbocycles. The van der Waals surface area contributed by atoms with E-state index in [0.29, 0.717) is 41.7 Å². The summed E-state index contributed by atoms with van der Waals surface area (Å²) >= 11 is 18.8. The van der Waals surface area contributed by atoms with Gasteiger partial charge >= 0.3 is 0 Å². The number of rotatable bonds is 10. The first-order valence-corrected chi connectivity index (χ1v) is 14.7. The second-order valence-corrected chi connectivity index (χ2v) is 12.0. The highest BCUT2D eigenvalue weighted by Gasteiger charge is 2.22. The molecule has 0 radical (unpaired) electrons. The standard InChI is InChI=1S/C24H21Br2Cl2N3O5S/c1-35-22-11-16(9-18(26)24(22)36-14-15-7-8-19(27)20(28)10-15)12-29-30-23(32)13-31(37(2,33)34)21-6-4-3-5-17(21)25/h3-12H,13-14H2,1-2H3,(H,30,32)/b29-12-. The Morgan fingerprint density at radius 3 is 2.46 bits per heavy atom. The first kappa shape index (κ1) is 29.2. The second-order valence-electron chi connectivity index (χ2n) is 7.59. The molecule has 13 heteroatoms. The second kappa shape index (κ2) is 13.0. The van der Waals surface area contributed by atoms with Crippen LogP contribution in [-0.4, -0.2) is 40.4 Å². The van der Waals surface area contributed by atoms with Gasteiger partial charge in [-0.25, -0.2) is 13.8 Å². The molecule has 0 aliphatic rings. The molecule has 8 nitrogen and oxygen atoms in total. The van der Waals surface area contributed by atoms with Crippen LogP contribution >= 0.6 is 55.1 Å². The van der Waals surface area contributed by atoms with Crippen LogP contribution in [0, 0.1) is 0 Å². The summed E-state index contributed by atoms with van der Waals surface area (Å²) in [6.45, 7) is -0.225. The summed E-state index contributed by atoms with van der Waals surface area (Å²) in [4.78, 5) is 12.5. The van der Waals surface area contributed by atoms with Crippen molar-refractivity contribution in [3.05, 3.63) is 84.7 Å². The molecule has 196 valence electrons. The number of methoxy groups -OCH3 is 1. The lowest BCUT2D eigenvalue weighted by Gasteiger charge is -2.22. The summed E-state index contributed by atoms with van der Waals surface area (Å²) in [5.41, 5.74) is 4.11. The van der Waals surface area contributed by atoms with Crippen LogP contribution in [0.2, 0.25) is 10.0 Å². The van der Waals surface area contributed by atoms with E-state index in [-0.39, 0.29) is 6.61 Å². The highest BCUT2D eigenvalue weighted by molar-refractivity contribution is 9.11. The maximum absolute atomic E-state index is 12.5. The molecule has 1 N–H and O–H groups in total. The lowest BCUT2D eigenvalue weighted by Crippen LogP contribution is -2.39. The lowest BCUT2D eigenvalue weighted by atomic mass is 10.2. The minimum absolute atomic E-state index is 0.226. The molecule has 1 amide bonds. The zero-order valence-corrected chi connectivity index (χ0v) is 25.0. The van der Waals surface area contributed by atoms with Gasteiger partial charge in [-0.1, -0.05) is 41.4 Å². The van der Waals surface area contributed by atoms with Crippen molar-refractivity contribution in [2.45, 2.75) is 6.61 Å². The third-order valence-corrected chi connectivity index (χ3v) is 7.96. The van der Waals surface area contributed by atoms with Gasteiger partial charge in [-0.05, 0) is 79.4 Å². The molecule has 0 atom stereocenters. The Hall–Kier alpha value is -2.31. The quantitative estimate of drug-likeness (QED) is 0.207. The van der Waals surface area contributed by atoms with E-state index in [0.717, 1.165) is 16.1 Å². The maximum atomic E-state index is 12.5. The van der Waals surface area contributed by atoms with Gasteiger partial charge in [0.05, 0.1) is 39.8 Å². The average molecular weight is 694 g/mol. The van der Waals surface area contributed by atoms with Crippen LogP contribution in [0.3, 0.4) is 0 Å². The summed E-state index contributed by atoms with van der Waals surface area (Å²) in [5.74, 6) is 0.274. The number of amides is 1. The number of sulfonamides is 1. The third-order valence-electron chi connectivity index (χ3n) is 4.83. The van der Waals surface area contributed by atoms with E-state index in [1.165, 1.54) is 13.3 Å². The van der Waals surface area contributed by atoms with Gasteiger partial charge in [0.25, 0.3) is 5.91 Å². The molecule has 3 rings (SSSR count). The molecular weight excluding hydrogens is 673 g/mol. The summed E-state index contributed by atoms with van der Waals surface area (Å²) in [6, 6.07) is 15.3. The SMILES string of the molecule is COc1cc(/C=N\NC(=O)CN(c2ccccc2Br)S(C)(=O)=O)cc(Br)c1OCc1ccc(Cl)c(Cl)c1. The van der Waals surface area contributed by atoms with Crippen LogP contribution in [0.5, 0.6) is 11.5 Å². The fourth-order valence-electron chi connectivity index (χ4n) is 3.12. The first-order chi connectivity index (χ1) is 17.5. The molecule has 0 spiro atoms. The van der Waals surface area contributed by atoms with Gasteiger partial charge in [-0.3, -0.25) is 9.10 Å². The van der Waals surface area contributed by atoms with E-state index in [1.54, 1.807) is 54.6 Å². The molecule has 0 bridgehead atoms. The molecular formula is C24H21Br2Cl2N3O5S. The van der Waals surface area contributed by atoms with Crippen molar-refractivity contribution < 1.29 is 22.7 Å². The largest absolute Gasteiger partial charge is 0.493 e. The van der Waals surface area contributed by atoms with Crippen LogP contribution < -0.4 is 19.2 Å². The monoisotopic (exact) mass is 691 g/mol. The molecule has 0 aromatic heterocycles. The number of ether oxygens (including phenoxy) is 2. The number of para-hydroxylation sites is 1. The van der Waals surface area contributed by atoms with Crippen LogP contribution in [0.25, 0.3) is 0 Å². The van der Waals surface area contributed by atoms with Gasteiger partial charge in [0, 0.05) is 4.47 Å². The lowest BCUT2D eigenvalue weighted by molar-refractivity contribution is -0.119. The number of carbonyl (C=O) groups excluding carboxylic acids is 1. The molecule has 0 aliphatic heterocycles. The van der Waals surface area contributed by atoms with Gasteiger partial charge < -0.3 is 9.47 Å². The topological polar surface area (TPSA) is 97.3 Å². The first-order valence-electron chi connectivity index (χ1n) is 10.5. The summed E-state index contributed by atoms with van der Waals surface area (Å²) in [6.07, 6.45) is 2.43. The van der Waals surface area contributed by atoms with Crippen LogP contribution in [0.1, 0.15) is 11.1 Å². The van der Waals surface area contributed by atoms with E-state index in [4.69, 9.17) is 32.7 Å². The zero-order valence-electron chi connectivity index (χ0n) is 19.5. The predicted molar refractivity (Wildman–Crippen MR) is 154 cm³/mol. The Morgan fingerprint density at radius 2 is 1.81 bits per heavy atom. The number of anilines is 1. The van der Waals surface area contributed by atoms with Crippen molar-refractivity contribution in [2.24, 2.45) is 5.10 Å². The zero-order chi connectivity index (χ0) is 27.2. The van der Waals surface area contributed by atoms with Crippen LogP contribution in [0.4, 0.5) is 5.69 Å². The van der Waals surface area contributed by atoms with Crippen molar-refractivity contribution in [3.63, 3.8) is 0 Å². The molecule has 3 aromatic carbocycles. The molecule has 0 saturated carbocycles. The van der Waals surface area contributed by atoms with E-state index in [9.17, 15) is 13.2 Å². The highest BCUT2D eigenvalue weighted by atomic mass is 79.9. The molecule has 0 unspecified atom stereocenters. The number of hydrogen-bond donors (Lipinski definition) is 1. The van der Waals surface area contributed by atoms with Crippen LogP contribution in [0.15, 0.2) is 68.6 Å². The Kier molecular flexibility index (Phi) is 10.3. The van der Waals surface area contributed by atoms with Crippen molar-refractivity contribution in [3.8, 4) is 11.5 Å². The third kappa shape index (κ3) is 8.08. The maximum Gasteiger partial charge on any atom is 0.260 e. The number of hydrazone groups is 1. The Balaban J connectivity index is 1.69. The number of nitrogens with one attached hydrogen (secondary N) is 1. The summed E-state index contributed by atoms with van der Waals surface area (Å²) in [5, 5.41) is 4.83. The van der Waals surface area contributed by atoms with E-state index >= 15 is 0 Å².